The molecule has 0 aliphatic heterocycles. The number of benzene rings is 1. The normalized spacial score (nSPS) is 14.4. The summed E-state index contributed by atoms with van der Waals surface area (Å²) in [6.07, 6.45) is 2.51. The minimum Gasteiger partial charge on any atom is -0.389 e. The van der Waals surface area contributed by atoms with Crippen molar-refractivity contribution >= 4 is 51.0 Å². The average Bonchev–Trinajstić information content (AvgIpc) is 3.12. The van der Waals surface area contributed by atoms with Gasteiger partial charge in [-0.15, -0.1) is 11.3 Å². The van der Waals surface area contributed by atoms with Crippen LogP contribution in [0.1, 0.15) is 30.0 Å². The van der Waals surface area contributed by atoms with Gasteiger partial charge >= 0.3 is 0 Å². The van der Waals surface area contributed by atoms with Crippen molar-refractivity contribution in [3.05, 3.63) is 39.9 Å². The predicted molar refractivity (Wildman–Crippen MR) is 84.7 cm³/mol. The molecule has 0 spiro atoms. The van der Waals surface area contributed by atoms with Crippen LogP contribution in [0.15, 0.2) is 23.6 Å². The Bertz CT molecular complexity index is 635. The van der Waals surface area contributed by atoms with Gasteiger partial charge in [0.05, 0.1) is 16.4 Å². The van der Waals surface area contributed by atoms with Crippen LogP contribution in [-0.2, 0) is 0 Å². The largest absolute Gasteiger partial charge is 0.389 e. The van der Waals surface area contributed by atoms with Gasteiger partial charge in [-0.25, -0.2) is 4.98 Å². The summed E-state index contributed by atoms with van der Waals surface area (Å²) in [6, 6.07) is 5.49. The lowest BCUT2D eigenvalue weighted by atomic mass is 10.2. The van der Waals surface area contributed by atoms with Gasteiger partial charge in [0.1, 0.15) is 4.99 Å². The van der Waals surface area contributed by atoms with Crippen LogP contribution >= 0.6 is 35.2 Å². The molecule has 0 atom stereocenters. The van der Waals surface area contributed by atoms with Gasteiger partial charge in [0.25, 0.3) is 0 Å². The molecule has 1 heterocycles. The van der Waals surface area contributed by atoms with E-state index in [4.69, 9.17) is 29.6 Å². The van der Waals surface area contributed by atoms with E-state index in [1.165, 1.54) is 18.5 Å². The van der Waals surface area contributed by atoms with Crippen LogP contribution in [0.5, 0.6) is 0 Å². The van der Waals surface area contributed by atoms with Crippen LogP contribution in [0.25, 0.3) is 0 Å². The van der Waals surface area contributed by atoms with Crippen molar-refractivity contribution in [3.8, 4) is 0 Å². The molecule has 0 unspecified atom stereocenters. The van der Waals surface area contributed by atoms with E-state index in [2.05, 4.69) is 15.7 Å². The number of nitrogens with one attached hydrogen (secondary N) is 1. The number of halogens is 1. The monoisotopic (exact) mass is 309 g/mol. The number of rotatable bonds is 4. The van der Waals surface area contributed by atoms with Crippen molar-refractivity contribution in [2.45, 2.75) is 18.8 Å². The van der Waals surface area contributed by atoms with Crippen LogP contribution in [0.4, 0.5) is 10.8 Å². The van der Waals surface area contributed by atoms with E-state index in [0.29, 0.717) is 15.9 Å². The summed E-state index contributed by atoms with van der Waals surface area (Å²) in [5.74, 6) is 0.666. The van der Waals surface area contributed by atoms with Crippen molar-refractivity contribution in [3.63, 3.8) is 0 Å². The summed E-state index contributed by atoms with van der Waals surface area (Å²) >= 11 is 12.7. The molecule has 0 saturated heterocycles. The van der Waals surface area contributed by atoms with Crippen molar-refractivity contribution in [2.75, 3.05) is 5.32 Å². The van der Waals surface area contributed by atoms with E-state index in [-0.39, 0.29) is 0 Å². The van der Waals surface area contributed by atoms with Gasteiger partial charge in [0.15, 0.2) is 5.13 Å². The van der Waals surface area contributed by atoms with Crippen LogP contribution in [0, 0.1) is 0 Å². The molecule has 19 heavy (non-hydrogen) atoms. The third-order valence-electron chi connectivity index (χ3n) is 3.01. The summed E-state index contributed by atoms with van der Waals surface area (Å²) in [6.45, 7) is 0. The predicted octanol–water partition coefficient (Wildman–Crippen LogP) is 4.05. The molecule has 98 valence electrons. The molecule has 6 heteroatoms. The molecule has 0 amide bonds. The first-order chi connectivity index (χ1) is 9.13. The highest BCUT2D eigenvalue weighted by Crippen LogP contribution is 2.41. The molecule has 1 aliphatic rings. The summed E-state index contributed by atoms with van der Waals surface area (Å²) < 4.78 is 0. The first kappa shape index (κ1) is 12.8. The summed E-state index contributed by atoms with van der Waals surface area (Å²) in [5, 5.41) is 6.80. The van der Waals surface area contributed by atoms with Gasteiger partial charge in [0.2, 0.25) is 0 Å². The van der Waals surface area contributed by atoms with E-state index in [1.54, 1.807) is 17.4 Å². The Kier molecular flexibility index (Phi) is 3.43. The Hall–Kier alpha value is -1.17. The van der Waals surface area contributed by atoms with E-state index >= 15 is 0 Å². The smallest absolute Gasteiger partial charge is 0.187 e. The zero-order chi connectivity index (χ0) is 13.4. The molecule has 1 aromatic heterocycles. The number of thiazole rings is 1. The number of hydrogen-bond acceptors (Lipinski definition) is 4. The Morgan fingerprint density at radius 2 is 2.26 bits per heavy atom. The molecule has 1 aliphatic carbocycles. The highest BCUT2D eigenvalue weighted by Gasteiger charge is 2.26. The van der Waals surface area contributed by atoms with E-state index in [1.807, 2.05) is 12.1 Å². The average molecular weight is 310 g/mol. The van der Waals surface area contributed by atoms with E-state index in [0.717, 1.165) is 16.4 Å². The third kappa shape index (κ3) is 2.88. The molecular formula is C13H12ClN3S2. The lowest BCUT2D eigenvalue weighted by Gasteiger charge is -2.07. The topological polar surface area (TPSA) is 50.9 Å². The molecule has 3 nitrogen and oxygen atoms in total. The van der Waals surface area contributed by atoms with Gasteiger partial charge in [0, 0.05) is 16.9 Å². The molecular weight excluding hydrogens is 298 g/mol. The SMILES string of the molecule is NC(=S)c1ccc(Nc2nc(C3CC3)cs2)c(Cl)c1. The molecule has 2 aromatic rings. The highest BCUT2D eigenvalue weighted by atomic mass is 35.5. The summed E-state index contributed by atoms with van der Waals surface area (Å²) in [5.41, 5.74) is 8.34. The fourth-order valence-corrected chi connectivity index (χ4v) is 2.95. The highest BCUT2D eigenvalue weighted by molar-refractivity contribution is 7.80. The Morgan fingerprint density at radius 1 is 1.47 bits per heavy atom. The fourth-order valence-electron chi connectivity index (χ4n) is 1.80. The van der Waals surface area contributed by atoms with Crippen LogP contribution in [0.3, 0.4) is 0 Å². The zero-order valence-electron chi connectivity index (χ0n) is 10.0. The lowest BCUT2D eigenvalue weighted by molar-refractivity contribution is 1.05. The Labute approximate surface area is 125 Å². The standard InChI is InChI=1S/C13H12ClN3S2/c14-9-5-8(12(15)18)3-4-10(9)16-13-17-11(6-19-13)7-1-2-7/h3-7H,1-2H2,(H2,15,18)(H,16,17). The van der Waals surface area contributed by atoms with Crippen molar-refractivity contribution in [1.29, 1.82) is 0 Å². The first-order valence-electron chi connectivity index (χ1n) is 5.95. The summed E-state index contributed by atoms with van der Waals surface area (Å²) in [4.78, 5) is 4.91. The maximum Gasteiger partial charge on any atom is 0.187 e. The molecule has 1 fully saturated rings. The van der Waals surface area contributed by atoms with E-state index in [9.17, 15) is 0 Å². The lowest BCUT2D eigenvalue weighted by Crippen LogP contribution is -2.09. The van der Waals surface area contributed by atoms with Gasteiger partial charge in [-0.2, -0.15) is 0 Å². The maximum absolute atomic E-state index is 6.20. The number of nitrogens with zero attached hydrogens (tertiary/aromatic N) is 1. The fraction of sp³-hybridized carbons (Fsp3) is 0.231. The van der Waals surface area contributed by atoms with Crippen molar-refractivity contribution in [1.82, 2.24) is 4.98 Å². The molecule has 3 rings (SSSR count). The zero-order valence-corrected chi connectivity index (χ0v) is 12.4. The summed E-state index contributed by atoms with van der Waals surface area (Å²) in [7, 11) is 0. The molecule has 3 N–H and O–H groups in total. The molecule has 1 saturated carbocycles. The third-order valence-corrected chi connectivity index (χ3v) is 4.34. The minimum absolute atomic E-state index is 0.346. The van der Waals surface area contributed by atoms with Crippen LogP contribution in [0.2, 0.25) is 5.02 Å². The number of aromatic nitrogens is 1. The van der Waals surface area contributed by atoms with Gasteiger partial charge < -0.3 is 11.1 Å². The Balaban J connectivity index is 1.79. The Morgan fingerprint density at radius 3 is 2.89 bits per heavy atom. The molecule has 0 bridgehead atoms. The molecule has 1 aromatic carbocycles. The number of thiocarbonyl (C=S) groups is 1. The van der Waals surface area contributed by atoms with Gasteiger partial charge in [-0.1, -0.05) is 23.8 Å². The second kappa shape index (κ2) is 5.07. The van der Waals surface area contributed by atoms with Gasteiger partial charge in [-0.3, -0.25) is 0 Å². The van der Waals surface area contributed by atoms with Crippen molar-refractivity contribution in [2.24, 2.45) is 5.73 Å². The number of anilines is 2. The second-order valence-electron chi connectivity index (χ2n) is 4.54. The quantitative estimate of drug-likeness (QED) is 0.837. The van der Waals surface area contributed by atoms with Crippen molar-refractivity contribution < 1.29 is 0 Å². The van der Waals surface area contributed by atoms with Crippen LogP contribution < -0.4 is 11.1 Å². The van der Waals surface area contributed by atoms with E-state index < -0.39 is 0 Å². The maximum atomic E-state index is 6.20. The second-order valence-corrected chi connectivity index (χ2v) is 6.24. The molecule has 0 radical (unpaired) electrons. The van der Waals surface area contributed by atoms with Gasteiger partial charge in [-0.05, 0) is 31.0 Å². The number of nitrogens with two attached hydrogens (primary N) is 1. The van der Waals surface area contributed by atoms with Crippen LogP contribution in [-0.4, -0.2) is 9.97 Å². The number of hydrogen-bond donors (Lipinski definition) is 2. The minimum atomic E-state index is 0.346. The first-order valence-corrected chi connectivity index (χ1v) is 7.62.